The molecule has 0 saturated heterocycles. The zero-order chi connectivity index (χ0) is 30.2. The molecule has 3 heteroatoms. The number of hydrogen-bond donors (Lipinski definition) is 0. The summed E-state index contributed by atoms with van der Waals surface area (Å²) >= 11 is 0. The van der Waals surface area contributed by atoms with Crippen LogP contribution in [0.2, 0.25) is 0 Å². The molecule has 7 aromatic carbocycles. The number of hydrogen-bond acceptors (Lipinski definition) is 2. The van der Waals surface area contributed by atoms with Gasteiger partial charge in [0.2, 0.25) is 0 Å². The maximum absolute atomic E-state index is 15.1. The third kappa shape index (κ3) is 4.90. The van der Waals surface area contributed by atoms with Gasteiger partial charge in [0, 0.05) is 26.7 Å². The predicted octanol–water partition coefficient (Wildman–Crippen LogP) is 10.2. The average Bonchev–Trinajstić information content (AvgIpc) is 3.50. The maximum atomic E-state index is 15.1. The number of furan rings is 1. The lowest BCUT2D eigenvalue weighted by atomic mass is 9.93. The summed E-state index contributed by atoms with van der Waals surface area (Å²) in [5.41, 5.74) is 8.49. The standard InChI is InChI=1S/C42H29O2P/c43-45(36-17-9-3-10-18-36,37-19-11-4-12-20-37)38-22-24-42-40(29-38)39-28-32(21-23-41(39)44-42)35-26-33(30-13-5-1-6-14-30)25-34(27-35)31-15-7-2-8-16-31/h1-29H. The molecule has 0 fully saturated rings. The minimum absolute atomic E-state index is 0.779. The minimum Gasteiger partial charge on any atom is -0.456 e. The van der Waals surface area contributed by atoms with Crippen LogP contribution in [0.3, 0.4) is 0 Å². The van der Waals surface area contributed by atoms with Gasteiger partial charge in [-0.1, -0.05) is 127 Å². The van der Waals surface area contributed by atoms with Crippen molar-refractivity contribution in [2.24, 2.45) is 0 Å². The fraction of sp³-hybridized carbons (Fsp3) is 0. The Bertz CT molecular complexity index is 2220. The first-order valence-electron chi connectivity index (χ1n) is 15.1. The molecule has 0 amide bonds. The first-order chi connectivity index (χ1) is 22.2. The van der Waals surface area contributed by atoms with Crippen LogP contribution in [0, 0.1) is 0 Å². The van der Waals surface area contributed by atoms with Gasteiger partial charge in [0.25, 0.3) is 0 Å². The van der Waals surface area contributed by atoms with Gasteiger partial charge in [0.05, 0.1) is 0 Å². The largest absolute Gasteiger partial charge is 0.456 e. The highest BCUT2D eigenvalue weighted by Gasteiger charge is 2.30. The van der Waals surface area contributed by atoms with E-state index >= 15 is 4.57 Å². The van der Waals surface area contributed by atoms with Crippen LogP contribution in [0.1, 0.15) is 0 Å². The Morgan fingerprint density at radius 1 is 0.333 bits per heavy atom. The van der Waals surface area contributed by atoms with Crippen molar-refractivity contribution in [3.63, 3.8) is 0 Å². The Balaban J connectivity index is 1.31. The van der Waals surface area contributed by atoms with Crippen molar-refractivity contribution in [3.8, 4) is 33.4 Å². The molecule has 0 spiro atoms. The normalized spacial score (nSPS) is 11.6. The van der Waals surface area contributed by atoms with Crippen LogP contribution >= 0.6 is 7.14 Å². The van der Waals surface area contributed by atoms with Crippen LogP contribution in [0.4, 0.5) is 0 Å². The Morgan fingerprint density at radius 2 is 0.756 bits per heavy atom. The lowest BCUT2D eigenvalue weighted by Gasteiger charge is -2.20. The van der Waals surface area contributed by atoms with E-state index in [1.165, 1.54) is 11.1 Å². The average molecular weight is 597 g/mol. The summed E-state index contributed by atoms with van der Waals surface area (Å²) in [5.74, 6) is 0. The van der Waals surface area contributed by atoms with Crippen molar-refractivity contribution in [3.05, 3.63) is 176 Å². The number of rotatable bonds is 6. The van der Waals surface area contributed by atoms with E-state index in [1.807, 2.05) is 84.9 Å². The zero-order valence-corrected chi connectivity index (χ0v) is 25.4. The van der Waals surface area contributed by atoms with Gasteiger partial charge in [-0.2, -0.15) is 0 Å². The maximum Gasteiger partial charge on any atom is 0.171 e. The van der Waals surface area contributed by atoms with Crippen LogP contribution < -0.4 is 15.9 Å². The molecule has 0 atom stereocenters. The molecule has 0 aliphatic heterocycles. The molecule has 8 rings (SSSR count). The van der Waals surface area contributed by atoms with Crippen molar-refractivity contribution >= 4 is 45.0 Å². The topological polar surface area (TPSA) is 30.2 Å². The second-order valence-electron chi connectivity index (χ2n) is 11.3. The van der Waals surface area contributed by atoms with Gasteiger partial charge in [0.1, 0.15) is 11.2 Å². The first kappa shape index (κ1) is 27.1. The lowest BCUT2D eigenvalue weighted by Crippen LogP contribution is -2.24. The van der Waals surface area contributed by atoms with Crippen LogP contribution in [0.15, 0.2) is 180 Å². The second kappa shape index (κ2) is 11.2. The minimum atomic E-state index is -3.13. The highest BCUT2D eigenvalue weighted by Crippen LogP contribution is 2.44. The molecule has 214 valence electrons. The summed E-state index contributed by atoms with van der Waals surface area (Å²) in [4.78, 5) is 0. The van der Waals surface area contributed by atoms with Crippen LogP contribution in [0.25, 0.3) is 55.3 Å². The third-order valence-electron chi connectivity index (χ3n) is 8.54. The Kier molecular flexibility index (Phi) is 6.78. The van der Waals surface area contributed by atoms with Gasteiger partial charge in [-0.25, -0.2) is 0 Å². The van der Waals surface area contributed by atoms with Crippen LogP contribution in [0.5, 0.6) is 0 Å². The molecule has 0 saturated carbocycles. The van der Waals surface area contributed by atoms with E-state index < -0.39 is 7.14 Å². The summed E-state index contributed by atoms with van der Waals surface area (Å²) in [7, 11) is -3.13. The van der Waals surface area contributed by atoms with Crippen molar-refractivity contribution in [2.75, 3.05) is 0 Å². The van der Waals surface area contributed by atoms with E-state index in [2.05, 4.69) is 91.0 Å². The summed E-state index contributed by atoms with van der Waals surface area (Å²) in [6.45, 7) is 0. The SMILES string of the molecule is O=P(c1ccccc1)(c1ccccc1)c1ccc2oc3ccc(-c4cc(-c5ccccc5)cc(-c5ccccc5)c4)cc3c2c1. The molecule has 1 aromatic heterocycles. The molecule has 8 aromatic rings. The lowest BCUT2D eigenvalue weighted by molar-refractivity contribution is 0.592. The quantitative estimate of drug-likeness (QED) is 0.179. The predicted molar refractivity (Wildman–Crippen MR) is 189 cm³/mol. The summed E-state index contributed by atoms with van der Waals surface area (Å²) in [6.07, 6.45) is 0. The van der Waals surface area contributed by atoms with Gasteiger partial charge in [-0.3, -0.25) is 0 Å². The van der Waals surface area contributed by atoms with Crippen LogP contribution in [-0.4, -0.2) is 0 Å². The number of fused-ring (bicyclic) bond motifs is 3. The second-order valence-corrected chi connectivity index (χ2v) is 14.1. The first-order valence-corrected chi connectivity index (χ1v) is 16.8. The Hall–Kier alpha value is -5.43. The molecule has 0 bridgehead atoms. The molecule has 0 N–H and O–H groups in total. The van der Waals surface area contributed by atoms with Gasteiger partial charge in [-0.05, 0) is 81.9 Å². The van der Waals surface area contributed by atoms with Crippen molar-refractivity contribution < 1.29 is 8.98 Å². The van der Waals surface area contributed by atoms with Crippen molar-refractivity contribution in [1.29, 1.82) is 0 Å². The molecule has 1 heterocycles. The van der Waals surface area contributed by atoms with E-state index in [4.69, 9.17) is 4.42 Å². The van der Waals surface area contributed by atoms with E-state index in [0.29, 0.717) is 0 Å². The molecule has 0 unspecified atom stereocenters. The third-order valence-corrected chi connectivity index (χ3v) is 11.6. The number of benzene rings is 7. The zero-order valence-electron chi connectivity index (χ0n) is 24.5. The molecule has 0 aliphatic rings. The highest BCUT2D eigenvalue weighted by molar-refractivity contribution is 7.85. The van der Waals surface area contributed by atoms with Crippen molar-refractivity contribution in [1.82, 2.24) is 0 Å². The molecule has 2 nitrogen and oxygen atoms in total. The van der Waals surface area contributed by atoms with E-state index in [0.717, 1.165) is 60.1 Å². The molecule has 0 radical (unpaired) electrons. The monoisotopic (exact) mass is 596 g/mol. The van der Waals surface area contributed by atoms with Gasteiger partial charge >= 0.3 is 0 Å². The molecule has 0 aliphatic carbocycles. The van der Waals surface area contributed by atoms with E-state index in [9.17, 15) is 0 Å². The van der Waals surface area contributed by atoms with E-state index in [1.54, 1.807) is 0 Å². The molecular formula is C42H29O2P. The summed E-state index contributed by atoms with van der Waals surface area (Å²) < 4.78 is 21.4. The Morgan fingerprint density at radius 3 is 1.27 bits per heavy atom. The summed E-state index contributed by atoms with van der Waals surface area (Å²) in [5, 5.41) is 4.38. The van der Waals surface area contributed by atoms with Gasteiger partial charge < -0.3 is 8.98 Å². The molecule has 45 heavy (non-hydrogen) atoms. The fourth-order valence-corrected chi connectivity index (χ4v) is 8.93. The highest BCUT2D eigenvalue weighted by atomic mass is 31.2. The fourth-order valence-electron chi connectivity index (χ4n) is 6.25. The Labute approximate surface area is 262 Å². The van der Waals surface area contributed by atoms with E-state index in [-0.39, 0.29) is 0 Å². The van der Waals surface area contributed by atoms with Crippen molar-refractivity contribution in [2.45, 2.75) is 0 Å². The molecular weight excluding hydrogens is 567 g/mol. The smallest absolute Gasteiger partial charge is 0.171 e. The summed E-state index contributed by atoms with van der Waals surface area (Å²) in [6, 6.07) is 59.8. The van der Waals surface area contributed by atoms with Gasteiger partial charge in [0.15, 0.2) is 7.14 Å². The van der Waals surface area contributed by atoms with Crippen LogP contribution in [-0.2, 0) is 4.57 Å². The van der Waals surface area contributed by atoms with Gasteiger partial charge in [-0.15, -0.1) is 0 Å².